The van der Waals surface area contributed by atoms with E-state index in [1.54, 1.807) is 0 Å². The fraction of sp³-hybridized carbons (Fsp3) is 0.100. The van der Waals surface area contributed by atoms with Gasteiger partial charge in [0, 0.05) is 23.1 Å². The van der Waals surface area contributed by atoms with Crippen LogP contribution in [0.25, 0.3) is 11.1 Å². The van der Waals surface area contributed by atoms with Crippen molar-refractivity contribution in [3.05, 3.63) is 121 Å². The van der Waals surface area contributed by atoms with E-state index in [-0.39, 0.29) is 6.61 Å². The SMILES string of the molecule is C=CC(=O)OCCOc1ccc(-c2ccc(N(c3ccccc3)c3ccc(C)cc3)cc2)cc1. The van der Waals surface area contributed by atoms with E-state index in [0.717, 1.165) is 40.0 Å². The Kier molecular flexibility index (Phi) is 7.41. The molecule has 0 radical (unpaired) electrons. The van der Waals surface area contributed by atoms with E-state index in [9.17, 15) is 4.79 Å². The van der Waals surface area contributed by atoms with Crippen molar-refractivity contribution in [1.82, 2.24) is 0 Å². The van der Waals surface area contributed by atoms with Crippen molar-refractivity contribution in [3.8, 4) is 16.9 Å². The summed E-state index contributed by atoms with van der Waals surface area (Å²) in [4.78, 5) is 13.3. The summed E-state index contributed by atoms with van der Waals surface area (Å²) >= 11 is 0. The number of benzene rings is 4. The number of esters is 1. The smallest absolute Gasteiger partial charge is 0.330 e. The predicted molar refractivity (Wildman–Crippen MR) is 138 cm³/mol. The maximum Gasteiger partial charge on any atom is 0.330 e. The third-order valence-corrected chi connectivity index (χ3v) is 5.38. The molecule has 0 aliphatic carbocycles. The summed E-state index contributed by atoms with van der Waals surface area (Å²) in [5.41, 5.74) is 6.76. The summed E-state index contributed by atoms with van der Waals surface area (Å²) in [5.74, 6) is 0.278. The van der Waals surface area contributed by atoms with Crippen LogP contribution in [0.1, 0.15) is 5.56 Å². The van der Waals surface area contributed by atoms with Crippen molar-refractivity contribution in [2.24, 2.45) is 0 Å². The molecule has 0 saturated heterocycles. The number of para-hydroxylation sites is 1. The number of carbonyl (C=O) groups is 1. The van der Waals surface area contributed by atoms with E-state index in [1.165, 1.54) is 5.56 Å². The molecule has 0 aromatic heterocycles. The third kappa shape index (κ3) is 5.73. The molecule has 0 saturated carbocycles. The van der Waals surface area contributed by atoms with Gasteiger partial charge in [0.05, 0.1) is 0 Å². The number of anilines is 3. The summed E-state index contributed by atoms with van der Waals surface area (Å²) in [6.45, 7) is 5.94. The van der Waals surface area contributed by atoms with Crippen molar-refractivity contribution in [3.63, 3.8) is 0 Å². The molecule has 0 aliphatic rings. The standard InChI is InChI=1S/C30H27NO3/c1-3-30(32)34-22-21-33-29-19-13-25(14-20-29)24-11-17-28(18-12-24)31(26-7-5-4-6-8-26)27-15-9-23(2)10-16-27/h3-20H,1,21-22H2,2H3. The second-order valence-corrected chi connectivity index (χ2v) is 7.80. The zero-order chi connectivity index (χ0) is 23.8. The molecule has 0 fully saturated rings. The van der Waals surface area contributed by atoms with Crippen LogP contribution in [-0.2, 0) is 9.53 Å². The molecule has 4 aromatic rings. The highest BCUT2D eigenvalue weighted by Crippen LogP contribution is 2.35. The molecule has 0 bridgehead atoms. The Morgan fingerprint density at radius 3 is 1.85 bits per heavy atom. The van der Waals surface area contributed by atoms with Gasteiger partial charge in [0.2, 0.25) is 0 Å². The van der Waals surface area contributed by atoms with Crippen molar-refractivity contribution in [2.45, 2.75) is 6.92 Å². The summed E-state index contributed by atoms with van der Waals surface area (Å²) in [7, 11) is 0. The minimum Gasteiger partial charge on any atom is -0.490 e. The van der Waals surface area contributed by atoms with Gasteiger partial charge in [-0.25, -0.2) is 4.79 Å². The summed E-state index contributed by atoms with van der Waals surface area (Å²) in [6, 6.07) is 35.3. The van der Waals surface area contributed by atoms with Gasteiger partial charge >= 0.3 is 5.97 Å². The first-order valence-electron chi connectivity index (χ1n) is 11.2. The lowest BCUT2D eigenvalue weighted by Crippen LogP contribution is -2.10. The lowest BCUT2D eigenvalue weighted by Gasteiger charge is -2.25. The maximum atomic E-state index is 11.1. The highest BCUT2D eigenvalue weighted by molar-refractivity contribution is 5.81. The van der Waals surface area contributed by atoms with Crippen molar-refractivity contribution >= 4 is 23.0 Å². The van der Waals surface area contributed by atoms with Gasteiger partial charge in [-0.1, -0.05) is 66.7 Å². The first-order valence-corrected chi connectivity index (χ1v) is 11.2. The highest BCUT2D eigenvalue weighted by atomic mass is 16.6. The maximum absolute atomic E-state index is 11.1. The van der Waals surface area contributed by atoms with Crippen LogP contribution in [0.5, 0.6) is 5.75 Å². The summed E-state index contributed by atoms with van der Waals surface area (Å²) < 4.78 is 10.6. The van der Waals surface area contributed by atoms with E-state index in [4.69, 9.17) is 9.47 Å². The zero-order valence-corrected chi connectivity index (χ0v) is 19.2. The first-order chi connectivity index (χ1) is 16.6. The molecular formula is C30H27NO3. The second kappa shape index (κ2) is 11.0. The van der Waals surface area contributed by atoms with Crippen molar-refractivity contribution < 1.29 is 14.3 Å². The van der Waals surface area contributed by atoms with Gasteiger partial charge < -0.3 is 14.4 Å². The number of hydrogen-bond acceptors (Lipinski definition) is 4. The lowest BCUT2D eigenvalue weighted by molar-refractivity contribution is -0.138. The van der Waals surface area contributed by atoms with E-state index in [2.05, 4.69) is 91.2 Å². The number of ether oxygens (including phenoxy) is 2. The summed E-state index contributed by atoms with van der Waals surface area (Å²) in [6.07, 6.45) is 1.14. The van der Waals surface area contributed by atoms with Crippen LogP contribution in [0.3, 0.4) is 0 Å². The van der Waals surface area contributed by atoms with E-state index in [1.807, 2.05) is 30.3 Å². The minimum atomic E-state index is -0.449. The topological polar surface area (TPSA) is 38.8 Å². The average molecular weight is 450 g/mol. The molecule has 34 heavy (non-hydrogen) atoms. The quantitative estimate of drug-likeness (QED) is 0.153. The van der Waals surface area contributed by atoms with Crippen LogP contribution < -0.4 is 9.64 Å². The number of hydrogen-bond donors (Lipinski definition) is 0. The fourth-order valence-corrected chi connectivity index (χ4v) is 3.63. The zero-order valence-electron chi connectivity index (χ0n) is 19.2. The fourth-order valence-electron chi connectivity index (χ4n) is 3.63. The van der Waals surface area contributed by atoms with E-state index >= 15 is 0 Å². The Morgan fingerprint density at radius 1 is 0.735 bits per heavy atom. The Hall–Kier alpha value is -4.31. The number of carbonyl (C=O) groups excluding carboxylic acids is 1. The van der Waals surface area contributed by atoms with Crippen LogP contribution in [0.2, 0.25) is 0 Å². The van der Waals surface area contributed by atoms with Crippen LogP contribution in [0, 0.1) is 6.92 Å². The van der Waals surface area contributed by atoms with Gasteiger partial charge in [-0.15, -0.1) is 0 Å². The molecule has 4 nitrogen and oxygen atoms in total. The van der Waals surface area contributed by atoms with Crippen LogP contribution in [0.15, 0.2) is 116 Å². The number of rotatable bonds is 9. The predicted octanol–water partition coefficient (Wildman–Crippen LogP) is 7.24. The highest BCUT2D eigenvalue weighted by Gasteiger charge is 2.12. The van der Waals surface area contributed by atoms with Crippen LogP contribution in [0.4, 0.5) is 17.1 Å². The Morgan fingerprint density at radius 2 is 1.26 bits per heavy atom. The molecule has 170 valence electrons. The molecule has 0 heterocycles. The average Bonchev–Trinajstić information content (AvgIpc) is 2.89. The largest absolute Gasteiger partial charge is 0.490 e. The number of aryl methyl sites for hydroxylation is 1. The van der Waals surface area contributed by atoms with Gasteiger partial charge in [0.15, 0.2) is 0 Å². The lowest BCUT2D eigenvalue weighted by atomic mass is 10.0. The normalized spacial score (nSPS) is 10.4. The Balaban J connectivity index is 1.49. The second-order valence-electron chi connectivity index (χ2n) is 7.80. The summed E-state index contributed by atoms with van der Waals surface area (Å²) in [5, 5.41) is 0. The Labute approximate surface area is 200 Å². The van der Waals surface area contributed by atoms with E-state index in [0.29, 0.717) is 6.61 Å². The molecule has 0 aliphatic heterocycles. The molecule has 0 N–H and O–H groups in total. The van der Waals surface area contributed by atoms with Gasteiger partial charge in [-0.05, 0) is 66.6 Å². The van der Waals surface area contributed by atoms with Crippen molar-refractivity contribution in [1.29, 1.82) is 0 Å². The monoisotopic (exact) mass is 449 g/mol. The molecular weight excluding hydrogens is 422 g/mol. The molecule has 4 heteroatoms. The molecule has 4 rings (SSSR count). The van der Waals surface area contributed by atoms with Gasteiger partial charge in [-0.3, -0.25) is 0 Å². The van der Waals surface area contributed by atoms with Gasteiger partial charge in [0.25, 0.3) is 0 Å². The molecule has 0 amide bonds. The van der Waals surface area contributed by atoms with Crippen LogP contribution >= 0.6 is 0 Å². The number of nitrogens with zero attached hydrogens (tertiary/aromatic N) is 1. The molecule has 0 unspecified atom stereocenters. The molecule has 0 atom stereocenters. The molecule has 0 spiro atoms. The third-order valence-electron chi connectivity index (χ3n) is 5.38. The molecule has 4 aromatic carbocycles. The van der Waals surface area contributed by atoms with E-state index < -0.39 is 5.97 Å². The van der Waals surface area contributed by atoms with Gasteiger partial charge in [0.1, 0.15) is 19.0 Å². The minimum absolute atomic E-state index is 0.187. The van der Waals surface area contributed by atoms with Gasteiger partial charge in [-0.2, -0.15) is 0 Å². The van der Waals surface area contributed by atoms with Crippen molar-refractivity contribution in [2.75, 3.05) is 18.1 Å². The first kappa shape index (κ1) is 22.9. The Bertz CT molecular complexity index is 1220. The van der Waals surface area contributed by atoms with Crippen LogP contribution in [-0.4, -0.2) is 19.2 Å².